The molecule has 0 heterocycles. The van der Waals surface area contributed by atoms with Crippen LogP contribution in [0.5, 0.6) is 0 Å². The summed E-state index contributed by atoms with van der Waals surface area (Å²) in [7, 11) is 1.59. The van der Waals surface area contributed by atoms with E-state index in [1.165, 1.54) is 13.8 Å². The first-order valence-electron chi connectivity index (χ1n) is 5.56. The molecule has 0 unspecified atom stereocenters. The van der Waals surface area contributed by atoms with Gasteiger partial charge >= 0.3 is 11.9 Å². The Morgan fingerprint density at radius 3 is 1.71 bits per heavy atom. The monoisotopic (exact) mass is 242 g/mol. The summed E-state index contributed by atoms with van der Waals surface area (Å²) in [5.41, 5.74) is 0. The van der Waals surface area contributed by atoms with E-state index in [-0.39, 0.29) is 30.3 Å². The van der Waals surface area contributed by atoms with Crippen LogP contribution in [0.2, 0.25) is 0 Å². The lowest BCUT2D eigenvalue weighted by Crippen LogP contribution is -2.24. The van der Waals surface area contributed by atoms with Crippen molar-refractivity contribution in [3.8, 4) is 0 Å². The van der Waals surface area contributed by atoms with Crippen LogP contribution >= 0.6 is 0 Å². The molecule has 0 saturated heterocycles. The number of esters is 2. The molecule has 0 spiro atoms. The molecule has 96 valence electrons. The molecule has 0 saturated carbocycles. The molecule has 17 heavy (non-hydrogen) atoms. The molecule has 0 aromatic carbocycles. The van der Waals surface area contributed by atoms with Crippen molar-refractivity contribution in [3.05, 3.63) is 12.2 Å². The molecule has 0 radical (unpaired) electrons. The molecule has 2 atom stereocenters. The zero-order chi connectivity index (χ0) is 12.8. The number of carbonyl (C=O) groups excluding carboxylic acids is 2. The molecule has 1 aliphatic carbocycles. The SMILES string of the molecule is COC1C[C@@H](OC(C)=O)C=C[C@H](OC(C)=O)C1. The van der Waals surface area contributed by atoms with Gasteiger partial charge in [-0.25, -0.2) is 0 Å². The molecule has 0 aliphatic heterocycles. The van der Waals surface area contributed by atoms with E-state index in [1.807, 2.05) is 0 Å². The lowest BCUT2D eigenvalue weighted by atomic mass is 10.1. The summed E-state index contributed by atoms with van der Waals surface area (Å²) in [6.45, 7) is 2.73. The van der Waals surface area contributed by atoms with Gasteiger partial charge in [-0.2, -0.15) is 0 Å². The Balaban J connectivity index is 2.66. The van der Waals surface area contributed by atoms with Gasteiger partial charge in [0.05, 0.1) is 6.10 Å². The van der Waals surface area contributed by atoms with Crippen LogP contribution < -0.4 is 0 Å². The quantitative estimate of drug-likeness (QED) is 0.550. The van der Waals surface area contributed by atoms with Crippen molar-refractivity contribution in [2.24, 2.45) is 0 Å². The fourth-order valence-electron chi connectivity index (χ4n) is 1.81. The second kappa shape index (κ2) is 6.39. The topological polar surface area (TPSA) is 61.8 Å². The molecule has 1 aliphatic rings. The highest BCUT2D eigenvalue weighted by Gasteiger charge is 2.24. The second-order valence-corrected chi connectivity index (χ2v) is 4.01. The number of ether oxygens (including phenoxy) is 3. The number of hydrogen-bond donors (Lipinski definition) is 0. The zero-order valence-corrected chi connectivity index (χ0v) is 10.3. The van der Waals surface area contributed by atoms with Gasteiger partial charge < -0.3 is 14.2 Å². The molecule has 0 aromatic heterocycles. The summed E-state index contributed by atoms with van der Waals surface area (Å²) in [6, 6.07) is 0. The fourth-order valence-corrected chi connectivity index (χ4v) is 1.81. The minimum atomic E-state index is -0.333. The van der Waals surface area contributed by atoms with E-state index in [2.05, 4.69) is 0 Å². The lowest BCUT2D eigenvalue weighted by molar-refractivity contribution is -0.145. The maximum atomic E-state index is 10.9. The van der Waals surface area contributed by atoms with E-state index in [1.54, 1.807) is 19.3 Å². The summed E-state index contributed by atoms with van der Waals surface area (Å²) in [4.78, 5) is 21.8. The molecule has 0 bridgehead atoms. The van der Waals surface area contributed by atoms with Crippen LogP contribution in [0, 0.1) is 0 Å². The van der Waals surface area contributed by atoms with Crippen LogP contribution in [0.15, 0.2) is 12.2 Å². The van der Waals surface area contributed by atoms with Crippen molar-refractivity contribution in [2.75, 3.05) is 7.11 Å². The van der Waals surface area contributed by atoms with Crippen molar-refractivity contribution in [1.29, 1.82) is 0 Å². The highest BCUT2D eigenvalue weighted by Crippen LogP contribution is 2.20. The van der Waals surface area contributed by atoms with Gasteiger partial charge in [-0.3, -0.25) is 9.59 Å². The zero-order valence-electron chi connectivity index (χ0n) is 10.3. The molecular formula is C12H18O5. The first-order valence-corrected chi connectivity index (χ1v) is 5.56. The Morgan fingerprint density at radius 1 is 1.00 bits per heavy atom. The molecule has 0 amide bonds. The van der Waals surface area contributed by atoms with E-state index in [4.69, 9.17) is 14.2 Å². The third-order valence-corrected chi connectivity index (χ3v) is 2.50. The van der Waals surface area contributed by atoms with E-state index in [0.717, 1.165) is 0 Å². The van der Waals surface area contributed by atoms with Crippen LogP contribution in [-0.2, 0) is 23.8 Å². The van der Waals surface area contributed by atoms with E-state index in [9.17, 15) is 9.59 Å². The average Bonchev–Trinajstić information content (AvgIpc) is 2.39. The Bertz CT molecular complexity index is 282. The van der Waals surface area contributed by atoms with Gasteiger partial charge in [-0.1, -0.05) is 0 Å². The molecule has 5 heteroatoms. The third kappa shape index (κ3) is 4.99. The van der Waals surface area contributed by atoms with Gasteiger partial charge in [0.1, 0.15) is 12.2 Å². The Morgan fingerprint density at radius 2 is 1.41 bits per heavy atom. The van der Waals surface area contributed by atoms with Crippen LogP contribution in [-0.4, -0.2) is 37.4 Å². The Labute approximate surface area is 101 Å². The highest BCUT2D eigenvalue weighted by molar-refractivity contribution is 5.66. The molecule has 0 aromatic rings. The van der Waals surface area contributed by atoms with Gasteiger partial charge in [-0.05, 0) is 12.2 Å². The molecule has 0 N–H and O–H groups in total. The summed E-state index contributed by atoms with van der Waals surface area (Å²) >= 11 is 0. The maximum absolute atomic E-state index is 10.9. The van der Waals surface area contributed by atoms with E-state index in [0.29, 0.717) is 12.8 Å². The van der Waals surface area contributed by atoms with Crippen LogP contribution in [0.4, 0.5) is 0 Å². The lowest BCUT2D eigenvalue weighted by Gasteiger charge is -2.19. The molecule has 5 nitrogen and oxygen atoms in total. The number of methoxy groups -OCH3 is 1. The average molecular weight is 242 g/mol. The summed E-state index contributed by atoms with van der Waals surface area (Å²) in [5, 5.41) is 0. The normalized spacial score (nSPS) is 25.1. The largest absolute Gasteiger partial charge is 0.458 e. The molecule has 1 rings (SSSR count). The van der Waals surface area contributed by atoms with Crippen molar-refractivity contribution in [1.82, 2.24) is 0 Å². The maximum Gasteiger partial charge on any atom is 0.303 e. The smallest absolute Gasteiger partial charge is 0.303 e. The third-order valence-electron chi connectivity index (χ3n) is 2.50. The summed E-state index contributed by atoms with van der Waals surface area (Å²) < 4.78 is 15.5. The Kier molecular flexibility index (Phi) is 5.15. The number of rotatable bonds is 3. The molecule has 0 fully saturated rings. The number of hydrogen-bond acceptors (Lipinski definition) is 5. The van der Waals surface area contributed by atoms with Gasteiger partial charge in [0.15, 0.2) is 0 Å². The van der Waals surface area contributed by atoms with Crippen molar-refractivity contribution in [3.63, 3.8) is 0 Å². The summed E-state index contributed by atoms with van der Waals surface area (Å²) in [5.74, 6) is -0.666. The van der Waals surface area contributed by atoms with Crippen molar-refractivity contribution in [2.45, 2.75) is 45.0 Å². The second-order valence-electron chi connectivity index (χ2n) is 4.01. The predicted octanol–water partition coefficient (Wildman–Crippen LogP) is 1.21. The minimum absolute atomic E-state index is 0.0984. The van der Waals surface area contributed by atoms with Gasteiger partial charge in [0.2, 0.25) is 0 Å². The predicted molar refractivity (Wildman–Crippen MR) is 60.3 cm³/mol. The van der Waals surface area contributed by atoms with Crippen molar-refractivity contribution >= 4 is 11.9 Å². The van der Waals surface area contributed by atoms with Crippen LogP contribution in [0.1, 0.15) is 26.7 Å². The minimum Gasteiger partial charge on any atom is -0.458 e. The van der Waals surface area contributed by atoms with Gasteiger partial charge in [0.25, 0.3) is 0 Å². The van der Waals surface area contributed by atoms with Gasteiger partial charge in [0, 0.05) is 33.8 Å². The first kappa shape index (κ1) is 13.7. The Hall–Kier alpha value is -1.36. The standard InChI is InChI=1S/C12H18O5/c1-8(13)16-10-4-5-11(17-9(2)14)7-12(6-10)15-3/h4-5,10-12H,6-7H2,1-3H3/t10-,11-/m0/s1. The van der Waals surface area contributed by atoms with E-state index < -0.39 is 0 Å². The first-order chi connectivity index (χ1) is 8.01. The fraction of sp³-hybridized carbons (Fsp3) is 0.667. The van der Waals surface area contributed by atoms with Gasteiger partial charge in [-0.15, -0.1) is 0 Å². The molecular weight excluding hydrogens is 224 g/mol. The van der Waals surface area contributed by atoms with Crippen LogP contribution in [0.25, 0.3) is 0 Å². The van der Waals surface area contributed by atoms with Crippen LogP contribution in [0.3, 0.4) is 0 Å². The highest BCUT2D eigenvalue weighted by atomic mass is 16.6. The summed E-state index contributed by atoms with van der Waals surface area (Å²) in [6.07, 6.45) is 3.89. The van der Waals surface area contributed by atoms with Crippen molar-refractivity contribution < 1.29 is 23.8 Å². The number of carbonyl (C=O) groups is 2. The van der Waals surface area contributed by atoms with E-state index >= 15 is 0 Å².